The third-order valence-corrected chi connectivity index (χ3v) is 7.16. The van der Waals surface area contributed by atoms with E-state index in [9.17, 15) is 4.79 Å². The van der Waals surface area contributed by atoms with Gasteiger partial charge in [-0.25, -0.2) is 0 Å². The van der Waals surface area contributed by atoms with Gasteiger partial charge in [-0.1, -0.05) is 42.0 Å². The van der Waals surface area contributed by atoms with E-state index in [0.29, 0.717) is 54.9 Å². The molecule has 1 aromatic heterocycles. The first-order chi connectivity index (χ1) is 19.5. The zero-order chi connectivity index (χ0) is 28.2. The van der Waals surface area contributed by atoms with Crippen molar-refractivity contribution in [1.82, 2.24) is 15.1 Å². The second kappa shape index (κ2) is 11.7. The lowest BCUT2D eigenvalue weighted by Crippen LogP contribution is -2.31. The molecule has 1 atom stereocenters. The van der Waals surface area contributed by atoms with E-state index in [1.54, 1.807) is 14.2 Å². The molecule has 2 heterocycles. The first-order valence-corrected chi connectivity index (χ1v) is 13.6. The predicted molar refractivity (Wildman–Crippen MR) is 154 cm³/mol. The Morgan fingerprint density at radius 2 is 1.55 bits per heavy atom. The molecular weight excluding hydrogens is 506 g/mol. The Hall–Kier alpha value is -4.46. The molecule has 8 heteroatoms. The molecule has 0 saturated carbocycles. The predicted octanol–water partition coefficient (Wildman–Crippen LogP) is 5.99. The molecule has 1 aliphatic rings. The molecular formula is C32H35N3O5. The Labute approximate surface area is 234 Å². The molecule has 5 rings (SSSR count). The summed E-state index contributed by atoms with van der Waals surface area (Å²) in [5.41, 5.74) is 6.24. The molecule has 0 aliphatic carbocycles. The van der Waals surface area contributed by atoms with Crippen LogP contribution < -0.4 is 18.9 Å². The van der Waals surface area contributed by atoms with Crippen LogP contribution in [0.1, 0.15) is 52.6 Å². The first kappa shape index (κ1) is 27.1. The molecule has 0 saturated heterocycles. The average molecular weight is 542 g/mol. The number of fused-ring (bicyclic) bond motifs is 1. The van der Waals surface area contributed by atoms with E-state index in [2.05, 4.69) is 29.3 Å². The molecule has 0 radical (unpaired) electrons. The van der Waals surface area contributed by atoms with Gasteiger partial charge in [0.15, 0.2) is 23.0 Å². The summed E-state index contributed by atoms with van der Waals surface area (Å²) in [5, 5.41) is 7.65. The average Bonchev–Trinajstić information content (AvgIpc) is 3.52. The van der Waals surface area contributed by atoms with Gasteiger partial charge in [-0.3, -0.25) is 9.89 Å². The zero-order valence-electron chi connectivity index (χ0n) is 23.6. The number of nitrogens with one attached hydrogen (secondary N) is 1. The number of carbonyl (C=O) groups is 1. The number of amides is 1. The van der Waals surface area contributed by atoms with Crippen LogP contribution >= 0.6 is 0 Å². The number of H-pyrrole nitrogens is 1. The summed E-state index contributed by atoms with van der Waals surface area (Å²) in [6, 6.07) is 19.6. The fourth-order valence-corrected chi connectivity index (χ4v) is 5.23. The van der Waals surface area contributed by atoms with Crippen molar-refractivity contribution in [2.45, 2.75) is 33.2 Å². The van der Waals surface area contributed by atoms with Crippen molar-refractivity contribution in [1.29, 1.82) is 0 Å². The molecule has 8 nitrogen and oxygen atoms in total. The molecule has 1 N–H and O–H groups in total. The van der Waals surface area contributed by atoms with Gasteiger partial charge < -0.3 is 23.8 Å². The maximum absolute atomic E-state index is 13.9. The van der Waals surface area contributed by atoms with Crippen molar-refractivity contribution in [3.05, 3.63) is 88.6 Å². The Balaban J connectivity index is 1.56. The minimum absolute atomic E-state index is 0.0850. The SMILES string of the molecule is CCOc1ccc(C2c3c(-c4ccc(C)cc4)n[nH]c3C(=O)N2CCc2ccc(OC)c(OC)c2)cc1OCC. The molecule has 1 aliphatic heterocycles. The van der Waals surface area contributed by atoms with Crippen LogP contribution in [0.4, 0.5) is 0 Å². The van der Waals surface area contributed by atoms with Gasteiger partial charge in [0.25, 0.3) is 5.91 Å². The zero-order valence-corrected chi connectivity index (χ0v) is 23.6. The first-order valence-electron chi connectivity index (χ1n) is 13.6. The number of nitrogens with zero attached hydrogens (tertiary/aromatic N) is 2. The summed E-state index contributed by atoms with van der Waals surface area (Å²) in [6.45, 7) is 7.47. The van der Waals surface area contributed by atoms with E-state index in [-0.39, 0.29) is 11.9 Å². The van der Waals surface area contributed by atoms with E-state index >= 15 is 0 Å². The van der Waals surface area contributed by atoms with Gasteiger partial charge >= 0.3 is 0 Å². The van der Waals surface area contributed by atoms with Gasteiger partial charge in [0, 0.05) is 17.7 Å². The minimum atomic E-state index is -0.354. The van der Waals surface area contributed by atoms with Gasteiger partial charge in [0.1, 0.15) is 5.69 Å². The lowest BCUT2D eigenvalue weighted by atomic mass is 9.95. The van der Waals surface area contributed by atoms with Crippen molar-refractivity contribution in [2.24, 2.45) is 0 Å². The smallest absolute Gasteiger partial charge is 0.273 e. The number of ether oxygens (including phenoxy) is 4. The third-order valence-electron chi connectivity index (χ3n) is 7.16. The van der Waals surface area contributed by atoms with Crippen LogP contribution in [0.5, 0.6) is 23.0 Å². The highest BCUT2D eigenvalue weighted by Gasteiger charge is 2.42. The summed E-state index contributed by atoms with van der Waals surface area (Å²) in [5.74, 6) is 2.58. The highest BCUT2D eigenvalue weighted by Crippen LogP contribution is 2.44. The molecule has 1 amide bonds. The highest BCUT2D eigenvalue weighted by molar-refractivity contribution is 6.00. The maximum atomic E-state index is 13.9. The number of hydrogen-bond donors (Lipinski definition) is 1. The second-order valence-electron chi connectivity index (χ2n) is 9.64. The molecule has 4 aromatic rings. The van der Waals surface area contributed by atoms with Crippen LogP contribution in [0, 0.1) is 6.92 Å². The van der Waals surface area contributed by atoms with Crippen molar-refractivity contribution in [3.63, 3.8) is 0 Å². The summed E-state index contributed by atoms with van der Waals surface area (Å²) < 4.78 is 22.6. The number of methoxy groups -OCH3 is 2. The van der Waals surface area contributed by atoms with E-state index in [1.807, 2.05) is 67.3 Å². The second-order valence-corrected chi connectivity index (χ2v) is 9.64. The fraction of sp³-hybridized carbons (Fsp3) is 0.312. The van der Waals surface area contributed by atoms with E-state index in [1.165, 1.54) is 0 Å². The van der Waals surface area contributed by atoms with Crippen LogP contribution in [-0.4, -0.2) is 55.0 Å². The van der Waals surface area contributed by atoms with Gasteiger partial charge in [-0.15, -0.1) is 0 Å². The summed E-state index contributed by atoms with van der Waals surface area (Å²) in [7, 11) is 3.24. The van der Waals surface area contributed by atoms with E-state index in [4.69, 9.17) is 18.9 Å². The van der Waals surface area contributed by atoms with Crippen LogP contribution in [0.25, 0.3) is 11.3 Å². The quantitative estimate of drug-likeness (QED) is 0.251. The topological polar surface area (TPSA) is 85.9 Å². The van der Waals surface area contributed by atoms with Crippen LogP contribution in [0.15, 0.2) is 60.7 Å². The minimum Gasteiger partial charge on any atom is -0.493 e. The number of benzene rings is 3. The number of aryl methyl sites for hydroxylation is 1. The van der Waals surface area contributed by atoms with Crippen LogP contribution in [0.2, 0.25) is 0 Å². The van der Waals surface area contributed by atoms with Crippen LogP contribution in [-0.2, 0) is 6.42 Å². The molecule has 0 fully saturated rings. The highest BCUT2D eigenvalue weighted by atomic mass is 16.5. The van der Waals surface area contributed by atoms with Crippen molar-refractivity contribution >= 4 is 5.91 Å². The Bertz CT molecular complexity index is 1500. The summed E-state index contributed by atoms with van der Waals surface area (Å²) in [6.07, 6.45) is 0.634. The van der Waals surface area contributed by atoms with Gasteiger partial charge in [0.2, 0.25) is 0 Å². The molecule has 1 unspecified atom stereocenters. The van der Waals surface area contributed by atoms with Crippen molar-refractivity contribution < 1.29 is 23.7 Å². The number of aromatic nitrogens is 2. The molecule has 208 valence electrons. The Morgan fingerprint density at radius 3 is 2.25 bits per heavy atom. The summed E-state index contributed by atoms with van der Waals surface area (Å²) in [4.78, 5) is 15.8. The lowest BCUT2D eigenvalue weighted by molar-refractivity contribution is 0.0745. The molecule has 3 aromatic carbocycles. The number of carbonyl (C=O) groups excluding carboxylic acids is 1. The fourth-order valence-electron chi connectivity index (χ4n) is 5.23. The number of aromatic amines is 1. The van der Waals surface area contributed by atoms with Gasteiger partial charge in [-0.05, 0) is 62.6 Å². The van der Waals surface area contributed by atoms with Crippen molar-refractivity contribution in [2.75, 3.05) is 34.0 Å². The normalized spacial score (nSPS) is 14.3. The standard InChI is InChI=1S/C32H35N3O5/c1-6-39-25-15-13-23(19-27(25)40-7-2)31-28-29(22-11-8-20(3)9-12-22)33-34-30(28)32(36)35(31)17-16-21-10-14-24(37-4)26(18-21)38-5/h8-15,18-19,31H,6-7,16-17H2,1-5H3,(H,33,34). The monoisotopic (exact) mass is 541 g/mol. The molecule has 0 bridgehead atoms. The van der Waals surface area contributed by atoms with Gasteiger partial charge in [0.05, 0.1) is 39.2 Å². The third kappa shape index (κ3) is 5.09. The largest absolute Gasteiger partial charge is 0.493 e. The lowest BCUT2D eigenvalue weighted by Gasteiger charge is -2.27. The Kier molecular flexibility index (Phi) is 7.96. The number of rotatable bonds is 11. The van der Waals surface area contributed by atoms with E-state index in [0.717, 1.165) is 33.5 Å². The van der Waals surface area contributed by atoms with Crippen molar-refractivity contribution in [3.8, 4) is 34.3 Å². The maximum Gasteiger partial charge on any atom is 0.273 e. The molecule has 40 heavy (non-hydrogen) atoms. The number of hydrogen-bond acceptors (Lipinski definition) is 6. The van der Waals surface area contributed by atoms with Gasteiger partial charge in [-0.2, -0.15) is 5.10 Å². The Morgan fingerprint density at radius 1 is 0.850 bits per heavy atom. The van der Waals surface area contributed by atoms with Crippen LogP contribution in [0.3, 0.4) is 0 Å². The molecule has 0 spiro atoms. The van der Waals surface area contributed by atoms with E-state index < -0.39 is 0 Å². The summed E-state index contributed by atoms with van der Waals surface area (Å²) >= 11 is 0.